The van der Waals surface area contributed by atoms with Gasteiger partial charge in [0.2, 0.25) is 0 Å². The Morgan fingerprint density at radius 1 is 1.03 bits per heavy atom. The molecule has 0 atom stereocenters. The van der Waals surface area contributed by atoms with Crippen molar-refractivity contribution in [1.29, 1.82) is 0 Å². The second-order valence-corrected chi connectivity index (χ2v) is 7.43. The number of piperazine rings is 1. The van der Waals surface area contributed by atoms with Gasteiger partial charge in [-0.15, -0.1) is 0 Å². The number of hydrogen-bond acceptors (Lipinski definition) is 5. The topological polar surface area (TPSA) is 45.2 Å². The fourth-order valence-electron chi connectivity index (χ4n) is 3.33. The Morgan fingerprint density at radius 3 is 2.59 bits per heavy atom. The van der Waals surface area contributed by atoms with Crippen molar-refractivity contribution < 1.29 is 8.78 Å². The van der Waals surface area contributed by atoms with E-state index in [2.05, 4.69) is 26.8 Å². The van der Waals surface area contributed by atoms with Gasteiger partial charge < -0.3 is 9.80 Å². The smallest absolute Gasteiger partial charge is 0.147 e. The molecule has 4 rings (SSSR count). The molecule has 2 aliphatic rings. The van der Waals surface area contributed by atoms with Crippen LogP contribution in [0.4, 0.5) is 14.6 Å². The number of rotatable bonds is 3. The lowest BCUT2D eigenvalue weighted by Crippen LogP contribution is -2.44. The van der Waals surface area contributed by atoms with Crippen molar-refractivity contribution >= 4 is 23.0 Å². The van der Waals surface area contributed by atoms with E-state index in [1.807, 2.05) is 0 Å². The molecule has 3 heterocycles. The van der Waals surface area contributed by atoms with Crippen LogP contribution in [0.3, 0.4) is 0 Å². The second kappa shape index (κ2) is 8.39. The maximum absolute atomic E-state index is 14.7. The van der Waals surface area contributed by atoms with Crippen molar-refractivity contribution in [3.05, 3.63) is 65.3 Å². The summed E-state index contributed by atoms with van der Waals surface area (Å²) in [5.74, 6) is -0.257. The Hall–Kier alpha value is -2.64. The van der Waals surface area contributed by atoms with Crippen LogP contribution in [0.2, 0.25) is 5.02 Å². The molecule has 150 valence electrons. The molecule has 1 saturated heterocycles. The van der Waals surface area contributed by atoms with Crippen LogP contribution in [0.1, 0.15) is 12.1 Å². The van der Waals surface area contributed by atoms with E-state index in [1.54, 1.807) is 18.5 Å². The van der Waals surface area contributed by atoms with E-state index in [0.29, 0.717) is 27.8 Å². The molecule has 2 aromatic heterocycles. The second-order valence-electron chi connectivity index (χ2n) is 7.02. The SMILES string of the molecule is CN1CCN(c2cnc(C3=CC=C(F)CC=C3F)c(-c3ccncc3Cl)n2)CC1. The van der Waals surface area contributed by atoms with E-state index in [0.717, 1.165) is 26.2 Å². The van der Waals surface area contributed by atoms with Crippen LogP contribution in [0.15, 0.2) is 54.5 Å². The highest BCUT2D eigenvalue weighted by Gasteiger charge is 2.23. The Balaban J connectivity index is 1.84. The maximum Gasteiger partial charge on any atom is 0.147 e. The van der Waals surface area contributed by atoms with Gasteiger partial charge in [0.25, 0.3) is 0 Å². The van der Waals surface area contributed by atoms with Crippen molar-refractivity contribution in [2.24, 2.45) is 0 Å². The summed E-state index contributed by atoms with van der Waals surface area (Å²) < 4.78 is 28.4. The van der Waals surface area contributed by atoms with Gasteiger partial charge in [0.1, 0.15) is 23.2 Å². The number of likely N-dealkylation sites (N-methyl/N-ethyl adjacent to an activating group) is 1. The van der Waals surface area contributed by atoms with Crippen LogP contribution < -0.4 is 4.90 Å². The number of pyridine rings is 1. The number of hydrogen-bond donors (Lipinski definition) is 0. The summed E-state index contributed by atoms with van der Waals surface area (Å²) in [5.41, 5.74) is 1.54. The van der Waals surface area contributed by atoms with Crippen LogP contribution in [0.5, 0.6) is 0 Å². The van der Waals surface area contributed by atoms with Gasteiger partial charge in [-0.3, -0.25) is 4.98 Å². The fourth-order valence-corrected chi connectivity index (χ4v) is 3.54. The summed E-state index contributed by atoms with van der Waals surface area (Å²) in [4.78, 5) is 17.7. The minimum absolute atomic E-state index is 0.0933. The van der Waals surface area contributed by atoms with Gasteiger partial charge >= 0.3 is 0 Å². The molecule has 1 aliphatic carbocycles. The monoisotopic (exact) mass is 415 g/mol. The van der Waals surface area contributed by atoms with Gasteiger partial charge in [0.05, 0.1) is 16.9 Å². The molecule has 0 unspecified atom stereocenters. The zero-order valence-electron chi connectivity index (χ0n) is 15.9. The highest BCUT2D eigenvalue weighted by Crippen LogP contribution is 2.36. The minimum Gasteiger partial charge on any atom is -0.353 e. The molecule has 2 aromatic rings. The third-order valence-electron chi connectivity index (χ3n) is 5.03. The minimum atomic E-state index is -0.540. The molecule has 0 bridgehead atoms. The van der Waals surface area contributed by atoms with Crippen LogP contribution >= 0.6 is 11.6 Å². The van der Waals surface area contributed by atoms with Gasteiger partial charge in [0, 0.05) is 56.1 Å². The summed E-state index contributed by atoms with van der Waals surface area (Å²) in [6.45, 7) is 3.47. The lowest BCUT2D eigenvalue weighted by molar-refractivity contribution is 0.312. The highest BCUT2D eigenvalue weighted by atomic mass is 35.5. The summed E-state index contributed by atoms with van der Waals surface area (Å²) in [7, 11) is 2.08. The Morgan fingerprint density at radius 2 is 1.83 bits per heavy atom. The summed E-state index contributed by atoms with van der Waals surface area (Å²) in [5, 5.41) is 0.388. The number of halogens is 3. The lowest BCUT2D eigenvalue weighted by atomic mass is 10.0. The number of aromatic nitrogens is 3. The number of anilines is 1. The third-order valence-corrected chi connectivity index (χ3v) is 5.34. The first-order chi connectivity index (χ1) is 14.0. The van der Waals surface area contributed by atoms with E-state index in [1.165, 1.54) is 24.4 Å². The molecule has 0 aromatic carbocycles. The molecule has 0 spiro atoms. The normalized spacial score (nSPS) is 18.1. The van der Waals surface area contributed by atoms with E-state index >= 15 is 0 Å². The predicted octanol–water partition coefficient (Wildman–Crippen LogP) is 4.44. The zero-order valence-corrected chi connectivity index (χ0v) is 16.7. The molecule has 0 radical (unpaired) electrons. The summed E-state index contributed by atoms with van der Waals surface area (Å²) >= 11 is 6.37. The first-order valence-electron chi connectivity index (χ1n) is 9.36. The average Bonchev–Trinajstić information content (AvgIpc) is 2.89. The van der Waals surface area contributed by atoms with Crippen molar-refractivity contribution in [3.63, 3.8) is 0 Å². The molecular formula is C21H20ClF2N5. The highest BCUT2D eigenvalue weighted by molar-refractivity contribution is 6.33. The van der Waals surface area contributed by atoms with Gasteiger partial charge in [0.15, 0.2) is 0 Å². The fraction of sp³-hybridized carbons (Fsp3) is 0.286. The molecule has 1 aliphatic heterocycles. The maximum atomic E-state index is 14.7. The Kier molecular flexibility index (Phi) is 5.69. The largest absolute Gasteiger partial charge is 0.353 e. The molecule has 29 heavy (non-hydrogen) atoms. The molecule has 0 amide bonds. The molecule has 8 heteroatoms. The molecule has 0 saturated carbocycles. The van der Waals surface area contributed by atoms with Crippen LogP contribution in [0.25, 0.3) is 16.8 Å². The van der Waals surface area contributed by atoms with Crippen LogP contribution in [-0.2, 0) is 0 Å². The molecule has 5 nitrogen and oxygen atoms in total. The van der Waals surface area contributed by atoms with Gasteiger partial charge in [-0.2, -0.15) is 0 Å². The Bertz CT molecular complexity index is 1010. The van der Waals surface area contributed by atoms with Crippen molar-refractivity contribution in [1.82, 2.24) is 19.9 Å². The van der Waals surface area contributed by atoms with Crippen molar-refractivity contribution in [3.8, 4) is 11.3 Å². The lowest BCUT2D eigenvalue weighted by Gasteiger charge is -2.33. The first-order valence-corrected chi connectivity index (χ1v) is 9.74. The van der Waals surface area contributed by atoms with Crippen molar-refractivity contribution in [2.75, 3.05) is 38.1 Å². The standard InChI is InChI=1S/C21H20ClF2N5/c1-28-8-10-29(11-9-28)19-13-26-20(16-4-2-14(23)3-5-18(16)24)21(27-19)15-6-7-25-12-17(15)22/h2,4-7,12-13H,3,8-11H2,1H3. The molecule has 0 N–H and O–H groups in total. The number of nitrogens with zero attached hydrogens (tertiary/aromatic N) is 5. The van der Waals surface area contributed by atoms with Gasteiger partial charge in [-0.05, 0) is 31.3 Å². The zero-order chi connectivity index (χ0) is 20.4. The Labute approximate surface area is 173 Å². The molecular weight excluding hydrogens is 396 g/mol. The van der Waals surface area contributed by atoms with Crippen LogP contribution in [-0.4, -0.2) is 53.1 Å². The first kappa shape index (κ1) is 19.7. The number of allylic oxidation sites excluding steroid dienone is 6. The quantitative estimate of drug-likeness (QED) is 0.741. The molecule has 1 fully saturated rings. The van der Waals surface area contributed by atoms with Gasteiger partial charge in [-0.1, -0.05) is 11.6 Å². The van der Waals surface area contributed by atoms with E-state index in [9.17, 15) is 8.78 Å². The average molecular weight is 416 g/mol. The van der Waals surface area contributed by atoms with Crippen LogP contribution in [0, 0.1) is 0 Å². The van der Waals surface area contributed by atoms with E-state index in [4.69, 9.17) is 16.6 Å². The third kappa shape index (κ3) is 4.21. The van der Waals surface area contributed by atoms with Gasteiger partial charge in [-0.25, -0.2) is 18.7 Å². The predicted molar refractivity (Wildman–Crippen MR) is 111 cm³/mol. The summed E-state index contributed by atoms with van der Waals surface area (Å²) in [6, 6.07) is 1.72. The van der Waals surface area contributed by atoms with Crippen molar-refractivity contribution in [2.45, 2.75) is 6.42 Å². The van der Waals surface area contributed by atoms with E-state index < -0.39 is 11.7 Å². The van der Waals surface area contributed by atoms with E-state index in [-0.39, 0.29) is 12.0 Å². The summed E-state index contributed by atoms with van der Waals surface area (Å²) in [6.07, 6.45) is 8.51.